The zero-order valence-corrected chi connectivity index (χ0v) is 11.0. The van der Waals surface area contributed by atoms with Gasteiger partial charge in [-0.3, -0.25) is 4.79 Å². The fraction of sp³-hybridized carbons (Fsp3) is 0.583. The lowest BCUT2D eigenvalue weighted by atomic mass is 10.2. The molecule has 0 spiro atoms. The molecule has 7 heteroatoms. The van der Waals surface area contributed by atoms with E-state index >= 15 is 0 Å². The number of hydrogen-bond donors (Lipinski definition) is 0. The zero-order chi connectivity index (χ0) is 13.9. The van der Waals surface area contributed by atoms with Crippen molar-refractivity contribution >= 4 is 17.2 Å². The van der Waals surface area contributed by atoms with Crippen molar-refractivity contribution in [3.63, 3.8) is 0 Å². The summed E-state index contributed by atoms with van der Waals surface area (Å²) in [6, 6.07) is 3.83. The Balaban J connectivity index is 1.88. The van der Waals surface area contributed by atoms with Crippen LogP contribution in [0.25, 0.3) is 0 Å². The van der Waals surface area contributed by atoms with Gasteiger partial charge >= 0.3 is 6.18 Å². The highest BCUT2D eigenvalue weighted by molar-refractivity contribution is 7.10. The maximum Gasteiger partial charge on any atom is 0.411 e. The van der Waals surface area contributed by atoms with E-state index in [0.29, 0.717) is 6.54 Å². The van der Waals surface area contributed by atoms with Crippen LogP contribution in [-0.2, 0) is 9.53 Å². The van der Waals surface area contributed by atoms with Gasteiger partial charge in [-0.2, -0.15) is 13.2 Å². The molecule has 0 saturated carbocycles. The van der Waals surface area contributed by atoms with E-state index in [2.05, 4.69) is 4.74 Å². The van der Waals surface area contributed by atoms with Gasteiger partial charge in [0.25, 0.3) is 0 Å². The summed E-state index contributed by atoms with van der Waals surface area (Å²) in [6.45, 7) is -1.31. The smallest absolute Gasteiger partial charge is 0.362 e. The minimum Gasteiger partial charge on any atom is -0.362 e. The van der Waals surface area contributed by atoms with Crippen molar-refractivity contribution in [1.29, 1.82) is 0 Å². The molecule has 0 N–H and O–H groups in total. The van der Waals surface area contributed by atoms with Crippen molar-refractivity contribution in [3.05, 3.63) is 22.4 Å². The van der Waals surface area contributed by atoms with Gasteiger partial charge in [0.2, 0.25) is 5.91 Å². The standard InChI is InChI=1S/C12H14F3NO2S/c13-12(14,15)8-18-7-11(17)16-5-1-3-9(16)10-4-2-6-19-10/h2,4,6,9H,1,3,5,7-8H2/t9-/m1/s1. The zero-order valence-electron chi connectivity index (χ0n) is 10.2. The predicted octanol–water partition coefficient (Wildman–Crippen LogP) is 2.99. The molecule has 2 rings (SSSR count). The molecule has 1 fully saturated rings. The Morgan fingerprint density at radius 3 is 2.95 bits per heavy atom. The molecule has 0 radical (unpaired) electrons. The van der Waals surface area contributed by atoms with Crippen molar-refractivity contribution < 1.29 is 22.7 Å². The second-order valence-corrected chi connectivity index (χ2v) is 5.35. The second kappa shape index (κ2) is 5.92. The van der Waals surface area contributed by atoms with E-state index in [9.17, 15) is 18.0 Å². The van der Waals surface area contributed by atoms with E-state index in [-0.39, 0.29) is 11.9 Å². The van der Waals surface area contributed by atoms with Crippen LogP contribution >= 0.6 is 11.3 Å². The summed E-state index contributed by atoms with van der Waals surface area (Å²) < 4.78 is 40.2. The van der Waals surface area contributed by atoms with Gasteiger partial charge in [0, 0.05) is 11.4 Å². The van der Waals surface area contributed by atoms with Gasteiger partial charge in [0.05, 0.1) is 6.04 Å². The Bertz CT molecular complexity index is 419. The number of amides is 1. The van der Waals surface area contributed by atoms with E-state index in [1.54, 1.807) is 16.2 Å². The van der Waals surface area contributed by atoms with Crippen LogP contribution in [0, 0.1) is 0 Å². The van der Waals surface area contributed by atoms with E-state index < -0.39 is 19.4 Å². The number of rotatable bonds is 4. The SMILES string of the molecule is O=C(COCC(F)(F)F)N1CCC[C@@H]1c1cccs1. The Morgan fingerprint density at radius 2 is 2.32 bits per heavy atom. The number of ether oxygens (including phenoxy) is 1. The molecule has 1 amide bonds. The molecule has 1 atom stereocenters. The highest BCUT2D eigenvalue weighted by Gasteiger charge is 2.32. The molecule has 1 saturated heterocycles. The molecule has 0 bridgehead atoms. The maximum atomic E-state index is 11.9. The Hall–Kier alpha value is -1.08. The first-order valence-corrected chi connectivity index (χ1v) is 6.83. The molecular weight excluding hydrogens is 279 g/mol. The van der Waals surface area contributed by atoms with Crippen LogP contribution in [0.2, 0.25) is 0 Å². The topological polar surface area (TPSA) is 29.5 Å². The van der Waals surface area contributed by atoms with Crippen molar-refractivity contribution in [2.45, 2.75) is 25.1 Å². The van der Waals surface area contributed by atoms with Gasteiger partial charge in [0.15, 0.2) is 0 Å². The summed E-state index contributed by atoms with van der Waals surface area (Å²) in [7, 11) is 0. The molecule has 0 aromatic carbocycles. The third-order valence-electron chi connectivity index (χ3n) is 2.94. The average molecular weight is 293 g/mol. The quantitative estimate of drug-likeness (QED) is 0.854. The van der Waals surface area contributed by atoms with Crippen molar-refractivity contribution in [2.75, 3.05) is 19.8 Å². The molecule has 1 aromatic rings. The fourth-order valence-electron chi connectivity index (χ4n) is 2.18. The van der Waals surface area contributed by atoms with Crippen molar-refractivity contribution in [2.24, 2.45) is 0 Å². The first kappa shape index (κ1) is 14.3. The molecular formula is C12H14F3NO2S. The van der Waals surface area contributed by atoms with E-state index in [0.717, 1.165) is 17.7 Å². The summed E-state index contributed by atoms with van der Waals surface area (Å²) in [6.07, 6.45) is -2.67. The lowest BCUT2D eigenvalue weighted by Crippen LogP contribution is -2.34. The van der Waals surface area contributed by atoms with Crippen LogP contribution in [0.3, 0.4) is 0 Å². The van der Waals surface area contributed by atoms with Crippen molar-refractivity contribution in [3.8, 4) is 0 Å². The van der Waals surface area contributed by atoms with Crippen LogP contribution in [0.4, 0.5) is 13.2 Å². The molecule has 1 aromatic heterocycles. The minimum absolute atomic E-state index is 0.0120. The van der Waals surface area contributed by atoms with Crippen LogP contribution in [0.15, 0.2) is 17.5 Å². The molecule has 0 unspecified atom stereocenters. The number of halogens is 3. The summed E-state index contributed by atoms with van der Waals surface area (Å²) in [5.41, 5.74) is 0. The summed E-state index contributed by atoms with van der Waals surface area (Å²) in [5, 5.41) is 1.93. The monoisotopic (exact) mass is 293 g/mol. The molecule has 106 valence electrons. The van der Waals surface area contributed by atoms with E-state index in [1.165, 1.54) is 0 Å². The maximum absolute atomic E-state index is 11.9. The molecule has 0 aliphatic carbocycles. The number of thiophene rings is 1. The van der Waals surface area contributed by atoms with E-state index in [1.807, 2.05) is 17.5 Å². The Kier molecular flexibility index (Phi) is 4.46. The van der Waals surface area contributed by atoms with Crippen LogP contribution in [-0.4, -0.2) is 36.7 Å². The Morgan fingerprint density at radius 1 is 1.53 bits per heavy atom. The van der Waals surface area contributed by atoms with Crippen molar-refractivity contribution in [1.82, 2.24) is 4.90 Å². The highest BCUT2D eigenvalue weighted by Crippen LogP contribution is 2.34. The fourth-order valence-corrected chi connectivity index (χ4v) is 3.05. The van der Waals surface area contributed by atoms with Gasteiger partial charge in [0.1, 0.15) is 13.2 Å². The Labute approximate surface area is 113 Å². The second-order valence-electron chi connectivity index (χ2n) is 4.37. The molecule has 19 heavy (non-hydrogen) atoms. The number of carbonyl (C=O) groups excluding carboxylic acids is 1. The van der Waals surface area contributed by atoms with Gasteiger partial charge < -0.3 is 9.64 Å². The molecule has 1 aliphatic rings. The number of likely N-dealkylation sites (tertiary alicyclic amines) is 1. The lowest BCUT2D eigenvalue weighted by Gasteiger charge is -2.24. The molecule has 2 heterocycles. The average Bonchev–Trinajstić information content (AvgIpc) is 2.97. The molecule has 1 aliphatic heterocycles. The first-order valence-electron chi connectivity index (χ1n) is 5.95. The number of nitrogens with zero attached hydrogens (tertiary/aromatic N) is 1. The minimum atomic E-state index is -4.39. The number of alkyl halides is 3. The third-order valence-corrected chi connectivity index (χ3v) is 3.91. The van der Waals surface area contributed by atoms with Gasteiger partial charge in [-0.1, -0.05) is 6.07 Å². The summed E-state index contributed by atoms with van der Waals surface area (Å²) in [5.74, 6) is -0.375. The van der Waals surface area contributed by atoms with Gasteiger partial charge in [-0.15, -0.1) is 11.3 Å². The van der Waals surface area contributed by atoms with Crippen LogP contribution < -0.4 is 0 Å². The van der Waals surface area contributed by atoms with Gasteiger partial charge in [-0.25, -0.2) is 0 Å². The first-order chi connectivity index (χ1) is 8.97. The van der Waals surface area contributed by atoms with Gasteiger partial charge in [-0.05, 0) is 24.3 Å². The predicted molar refractivity (Wildman–Crippen MR) is 64.9 cm³/mol. The lowest BCUT2D eigenvalue weighted by molar-refractivity contribution is -0.178. The highest BCUT2D eigenvalue weighted by atomic mass is 32.1. The third kappa shape index (κ3) is 3.94. The van der Waals surface area contributed by atoms with Crippen LogP contribution in [0.1, 0.15) is 23.8 Å². The number of carbonyl (C=O) groups is 1. The molecule has 3 nitrogen and oxygen atoms in total. The largest absolute Gasteiger partial charge is 0.411 e. The number of hydrogen-bond acceptors (Lipinski definition) is 3. The normalized spacial score (nSPS) is 19.9. The summed E-state index contributed by atoms with van der Waals surface area (Å²) >= 11 is 1.55. The summed E-state index contributed by atoms with van der Waals surface area (Å²) in [4.78, 5) is 14.6. The van der Waals surface area contributed by atoms with Crippen LogP contribution in [0.5, 0.6) is 0 Å². The van der Waals surface area contributed by atoms with E-state index in [4.69, 9.17) is 0 Å².